The Balaban J connectivity index is 1.83. The van der Waals surface area contributed by atoms with Gasteiger partial charge in [0.15, 0.2) is 0 Å². The summed E-state index contributed by atoms with van der Waals surface area (Å²) >= 11 is 0. The van der Waals surface area contributed by atoms with Gasteiger partial charge < -0.3 is 15.0 Å². The largest absolute Gasteiger partial charge is 0.508 e. The topological polar surface area (TPSA) is 53.3 Å². The predicted octanol–water partition coefficient (Wildman–Crippen LogP) is 1.41. The SMILES string of the molecule is Cn1ccnc1C1CNCCN1Cc1cc(O)cc(F)c1. The number of rotatable bonds is 3. The van der Waals surface area contributed by atoms with Crippen LogP contribution >= 0.6 is 0 Å². The minimum atomic E-state index is -0.409. The average molecular weight is 290 g/mol. The van der Waals surface area contributed by atoms with E-state index in [0.717, 1.165) is 37.1 Å². The average Bonchev–Trinajstić information content (AvgIpc) is 2.84. The Labute approximate surface area is 123 Å². The van der Waals surface area contributed by atoms with Crippen molar-refractivity contribution in [1.29, 1.82) is 0 Å². The molecule has 2 aromatic rings. The maximum absolute atomic E-state index is 13.4. The number of halogens is 1. The van der Waals surface area contributed by atoms with Crippen LogP contribution in [0.1, 0.15) is 17.4 Å². The van der Waals surface area contributed by atoms with Crippen LogP contribution in [0.15, 0.2) is 30.6 Å². The molecule has 1 fully saturated rings. The number of phenolic OH excluding ortho intramolecular Hbond substituents is 1. The highest BCUT2D eigenvalue weighted by Crippen LogP contribution is 2.24. The number of piperazine rings is 1. The smallest absolute Gasteiger partial charge is 0.127 e. The molecule has 0 saturated carbocycles. The van der Waals surface area contributed by atoms with Gasteiger partial charge in [0.1, 0.15) is 17.4 Å². The summed E-state index contributed by atoms with van der Waals surface area (Å²) in [7, 11) is 1.98. The van der Waals surface area contributed by atoms with Gasteiger partial charge in [-0.2, -0.15) is 0 Å². The molecule has 5 nitrogen and oxygen atoms in total. The molecule has 112 valence electrons. The summed E-state index contributed by atoms with van der Waals surface area (Å²) in [6.45, 7) is 3.15. The Morgan fingerprint density at radius 3 is 3.00 bits per heavy atom. The second kappa shape index (κ2) is 5.83. The Hall–Kier alpha value is -1.92. The molecule has 6 heteroatoms. The standard InChI is InChI=1S/C15H19FN4O/c1-19-4-3-18-15(19)14-9-17-2-5-20(14)10-11-6-12(16)8-13(21)7-11/h3-4,6-8,14,17,21H,2,5,9-10H2,1H3. The molecule has 1 unspecified atom stereocenters. The normalized spacial score (nSPS) is 19.8. The van der Waals surface area contributed by atoms with Crippen molar-refractivity contribution in [2.24, 2.45) is 7.05 Å². The molecule has 2 heterocycles. The molecule has 2 N–H and O–H groups in total. The third-order valence-corrected chi connectivity index (χ3v) is 3.84. The van der Waals surface area contributed by atoms with Crippen LogP contribution in [0.25, 0.3) is 0 Å². The highest BCUT2D eigenvalue weighted by molar-refractivity contribution is 5.28. The van der Waals surface area contributed by atoms with Crippen LogP contribution in [-0.2, 0) is 13.6 Å². The summed E-state index contributed by atoms with van der Waals surface area (Å²) in [5, 5.41) is 12.9. The van der Waals surface area contributed by atoms with E-state index in [4.69, 9.17) is 0 Å². The third-order valence-electron chi connectivity index (χ3n) is 3.84. The molecule has 0 bridgehead atoms. The molecule has 0 radical (unpaired) electrons. The van der Waals surface area contributed by atoms with E-state index in [1.165, 1.54) is 6.07 Å². The van der Waals surface area contributed by atoms with Gasteiger partial charge in [-0.1, -0.05) is 0 Å². The predicted molar refractivity (Wildman–Crippen MR) is 77.3 cm³/mol. The van der Waals surface area contributed by atoms with Gasteiger partial charge in [-0.05, 0) is 17.7 Å². The molecular weight excluding hydrogens is 271 g/mol. The minimum Gasteiger partial charge on any atom is -0.508 e. The van der Waals surface area contributed by atoms with Crippen LogP contribution in [0.5, 0.6) is 5.75 Å². The maximum atomic E-state index is 13.4. The summed E-state index contributed by atoms with van der Waals surface area (Å²) in [5.74, 6) is 0.546. The summed E-state index contributed by atoms with van der Waals surface area (Å²) < 4.78 is 15.4. The van der Waals surface area contributed by atoms with Crippen molar-refractivity contribution in [2.75, 3.05) is 19.6 Å². The fourth-order valence-electron chi connectivity index (χ4n) is 2.85. The van der Waals surface area contributed by atoms with E-state index in [2.05, 4.69) is 15.2 Å². The molecule has 21 heavy (non-hydrogen) atoms. The number of imidazole rings is 1. The molecule has 0 amide bonds. The lowest BCUT2D eigenvalue weighted by atomic mass is 10.1. The van der Waals surface area contributed by atoms with E-state index < -0.39 is 5.82 Å². The highest BCUT2D eigenvalue weighted by Gasteiger charge is 2.26. The fourth-order valence-corrected chi connectivity index (χ4v) is 2.85. The monoisotopic (exact) mass is 290 g/mol. The van der Waals surface area contributed by atoms with Crippen LogP contribution in [0, 0.1) is 5.82 Å². The van der Waals surface area contributed by atoms with Crippen LogP contribution < -0.4 is 5.32 Å². The van der Waals surface area contributed by atoms with Gasteiger partial charge in [0.25, 0.3) is 0 Å². The van der Waals surface area contributed by atoms with Crippen molar-refractivity contribution in [3.05, 3.63) is 47.8 Å². The number of aryl methyl sites for hydroxylation is 1. The summed E-state index contributed by atoms with van der Waals surface area (Å²) in [6, 6.07) is 4.35. The molecular formula is C15H19FN4O. The van der Waals surface area contributed by atoms with Crippen LogP contribution in [0.4, 0.5) is 4.39 Å². The zero-order chi connectivity index (χ0) is 14.8. The van der Waals surface area contributed by atoms with E-state index >= 15 is 0 Å². The Bertz CT molecular complexity index is 608. The highest BCUT2D eigenvalue weighted by atomic mass is 19.1. The van der Waals surface area contributed by atoms with Crippen LogP contribution in [0.3, 0.4) is 0 Å². The molecule has 0 spiro atoms. The number of hydrogen-bond acceptors (Lipinski definition) is 4. The minimum absolute atomic E-state index is 0.0336. The Kier molecular flexibility index (Phi) is 3.90. The first-order valence-corrected chi connectivity index (χ1v) is 7.04. The van der Waals surface area contributed by atoms with Crippen LogP contribution in [-0.4, -0.2) is 39.2 Å². The van der Waals surface area contributed by atoms with Gasteiger partial charge in [-0.25, -0.2) is 9.37 Å². The number of benzene rings is 1. The lowest BCUT2D eigenvalue weighted by Gasteiger charge is -2.35. The van der Waals surface area contributed by atoms with Crippen molar-refractivity contribution in [3.63, 3.8) is 0 Å². The van der Waals surface area contributed by atoms with Gasteiger partial charge in [0.2, 0.25) is 0 Å². The van der Waals surface area contributed by atoms with Crippen LogP contribution in [0.2, 0.25) is 0 Å². The van der Waals surface area contributed by atoms with Gasteiger partial charge in [0, 0.05) is 51.7 Å². The molecule has 3 rings (SSSR count). The Morgan fingerprint density at radius 1 is 1.43 bits per heavy atom. The zero-order valence-corrected chi connectivity index (χ0v) is 12.0. The first kappa shape index (κ1) is 14.0. The molecule has 1 aromatic carbocycles. The molecule has 0 aliphatic carbocycles. The van der Waals surface area contributed by atoms with Gasteiger partial charge in [0.05, 0.1) is 6.04 Å². The number of aromatic hydroxyl groups is 1. The van der Waals surface area contributed by atoms with Gasteiger partial charge >= 0.3 is 0 Å². The quantitative estimate of drug-likeness (QED) is 0.897. The summed E-state index contributed by atoms with van der Waals surface area (Å²) in [5.41, 5.74) is 0.772. The van der Waals surface area contributed by atoms with Crippen molar-refractivity contribution in [1.82, 2.24) is 19.8 Å². The lowest BCUT2D eigenvalue weighted by molar-refractivity contribution is 0.144. The number of aromatic nitrogens is 2. The first-order valence-electron chi connectivity index (χ1n) is 7.04. The lowest BCUT2D eigenvalue weighted by Crippen LogP contribution is -2.46. The summed E-state index contributed by atoms with van der Waals surface area (Å²) in [4.78, 5) is 6.68. The molecule has 1 aliphatic heterocycles. The van der Waals surface area contributed by atoms with E-state index in [0.29, 0.717) is 6.54 Å². The second-order valence-corrected chi connectivity index (χ2v) is 5.40. The molecule has 1 saturated heterocycles. The van der Waals surface area contributed by atoms with E-state index in [9.17, 15) is 9.50 Å². The van der Waals surface area contributed by atoms with E-state index in [1.807, 2.05) is 17.8 Å². The van der Waals surface area contributed by atoms with Crippen molar-refractivity contribution < 1.29 is 9.50 Å². The number of phenols is 1. The first-order chi connectivity index (χ1) is 10.1. The summed E-state index contributed by atoms with van der Waals surface area (Å²) in [6.07, 6.45) is 3.71. The van der Waals surface area contributed by atoms with Crippen molar-refractivity contribution in [3.8, 4) is 5.75 Å². The number of nitrogens with zero attached hydrogens (tertiary/aromatic N) is 3. The number of hydrogen-bond donors (Lipinski definition) is 2. The molecule has 1 aliphatic rings. The van der Waals surface area contributed by atoms with Gasteiger partial charge in [-0.3, -0.25) is 4.90 Å². The van der Waals surface area contributed by atoms with Crippen molar-refractivity contribution in [2.45, 2.75) is 12.6 Å². The second-order valence-electron chi connectivity index (χ2n) is 5.40. The van der Waals surface area contributed by atoms with E-state index in [1.54, 1.807) is 12.3 Å². The van der Waals surface area contributed by atoms with Crippen molar-refractivity contribution >= 4 is 0 Å². The Morgan fingerprint density at radius 2 is 2.29 bits per heavy atom. The molecule has 1 aromatic heterocycles. The third kappa shape index (κ3) is 3.06. The fraction of sp³-hybridized carbons (Fsp3) is 0.400. The van der Waals surface area contributed by atoms with E-state index in [-0.39, 0.29) is 11.8 Å². The molecule has 1 atom stereocenters. The maximum Gasteiger partial charge on any atom is 0.127 e. The number of nitrogens with one attached hydrogen (secondary N) is 1. The van der Waals surface area contributed by atoms with Gasteiger partial charge in [-0.15, -0.1) is 0 Å². The zero-order valence-electron chi connectivity index (χ0n) is 12.0.